The summed E-state index contributed by atoms with van der Waals surface area (Å²) in [5.41, 5.74) is 1.11. The first-order chi connectivity index (χ1) is 8.62. The van der Waals surface area contributed by atoms with E-state index >= 15 is 0 Å². The van der Waals surface area contributed by atoms with Crippen molar-refractivity contribution in [3.8, 4) is 11.5 Å². The van der Waals surface area contributed by atoms with Crippen LogP contribution >= 0.6 is 0 Å². The summed E-state index contributed by atoms with van der Waals surface area (Å²) in [7, 11) is 3.23. The first kappa shape index (κ1) is 14.4. The molecule has 0 heterocycles. The molecule has 0 saturated carbocycles. The average molecular weight is 251 g/mol. The lowest BCUT2D eigenvalue weighted by molar-refractivity contribution is -0.110. The number of rotatable bonds is 7. The van der Waals surface area contributed by atoms with Gasteiger partial charge in [-0.3, -0.25) is 4.79 Å². The normalized spacial score (nSPS) is 12.1. The minimum atomic E-state index is 0.126. The maximum absolute atomic E-state index is 10.6. The number of hydrogen-bond donors (Lipinski definition) is 1. The first-order valence-electron chi connectivity index (χ1n) is 6.03. The monoisotopic (exact) mass is 251 g/mol. The molecule has 0 aromatic heterocycles. The lowest BCUT2D eigenvalue weighted by Gasteiger charge is -2.20. The lowest BCUT2D eigenvalue weighted by atomic mass is 9.96. The summed E-state index contributed by atoms with van der Waals surface area (Å²) in [6.45, 7) is 4.17. The Morgan fingerprint density at radius 1 is 1.22 bits per heavy atom. The molecule has 0 bridgehead atoms. The highest BCUT2D eigenvalue weighted by Crippen LogP contribution is 2.28. The van der Waals surface area contributed by atoms with Crippen LogP contribution in [0.4, 0.5) is 0 Å². The van der Waals surface area contributed by atoms with Gasteiger partial charge in [-0.1, -0.05) is 19.9 Å². The van der Waals surface area contributed by atoms with E-state index in [9.17, 15) is 4.79 Å². The van der Waals surface area contributed by atoms with E-state index in [4.69, 9.17) is 9.47 Å². The van der Waals surface area contributed by atoms with E-state index in [2.05, 4.69) is 19.2 Å². The highest BCUT2D eigenvalue weighted by Gasteiger charge is 2.14. The highest BCUT2D eigenvalue weighted by atomic mass is 16.5. The molecule has 4 heteroatoms. The number of carbonyl (C=O) groups is 1. The second kappa shape index (κ2) is 6.89. The van der Waals surface area contributed by atoms with E-state index < -0.39 is 0 Å². The predicted octanol–water partition coefficient (Wildman–Crippen LogP) is 2.02. The van der Waals surface area contributed by atoms with Crippen molar-refractivity contribution in [2.45, 2.75) is 26.3 Å². The van der Waals surface area contributed by atoms with Gasteiger partial charge in [0.25, 0.3) is 0 Å². The molecule has 1 amide bonds. The van der Waals surface area contributed by atoms with Gasteiger partial charge in [0.1, 0.15) is 0 Å². The number of ether oxygens (including phenoxy) is 2. The molecule has 0 aliphatic rings. The van der Waals surface area contributed by atoms with Crippen LogP contribution in [-0.2, 0) is 11.2 Å². The Kier molecular flexibility index (Phi) is 5.49. The van der Waals surface area contributed by atoms with Gasteiger partial charge < -0.3 is 14.8 Å². The van der Waals surface area contributed by atoms with Gasteiger partial charge in [0.15, 0.2) is 11.5 Å². The standard InChI is InChI=1S/C14H21NO3/c1-10(2)12(15-9-16)7-11-5-6-13(17-3)14(8-11)18-4/h5-6,8-10,12H,7H2,1-4H3,(H,15,16)/t12-/m0/s1. The molecule has 0 aliphatic heterocycles. The fourth-order valence-corrected chi connectivity index (χ4v) is 1.84. The summed E-state index contributed by atoms with van der Waals surface area (Å²) in [5.74, 6) is 1.80. The molecule has 100 valence electrons. The van der Waals surface area contributed by atoms with E-state index in [1.807, 2.05) is 18.2 Å². The molecule has 1 atom stereocenters. The van der Waals surface area contributed by atoms with Crippen LogP contribution in [0.1, 0.15) is 19.4 Å². The summed E-state index contributed by atoms with van der Waals surface area (Å²) in [4.78, 5) is 10.6. The maximum Gasteiger partial charge on any atom is 0.207 e. The summed E-state index contributed by atoms with van der Waals surface area (Å²) in [5, 5.41) is 2.84. The third kappa shape index (κ3) is 3.65. The van der Waals surface area contributed by atoms with Gasteiger partial charge in [-0.2, -0.15) is 0 Å². The van der Waals surface area contributed by atoms with Crippen molar-refractivity contribution in [3.05, 3.63) is 23.8 Å². The van der Waals surface area contributed by atoms with E-state index in [0.717, 1.165) is 18.4 Å². The molecule has 0 spiro atoms. The Labute approximate surface area is 108 Å². The average Bonchev–Trinajstić information content (AvgIpc) is 2.37. The van der Waals surface area contributed by atoms with Crippen LogP contribution < -0.4 is 14.8 Å². The topological polar surface area (TPSA) is 47.6 Å². The van der Waals surface area contributed by atoms with Crippen LogP contribution in [0, 0.1) is 5.92 Å². The number of nitrogens with one attached hydrogen (secondary N) is 1. The number of hydrogen-bond acceptors (Lipinski definition) is 3. The predicted molar refractivity (Wildman–Crippen MR) is 71.1 cm³/mol. The third-order valence-corrected chi connectivity index (χ3v) is 2.99. The van der Waals surface area contributed by atoms with Crippen molar-refractivity contribution < 1.29 is 14.3 Å². The van der Waals surface area contributed by atoms with Gasteiger partial charge in [0.05, 0.1) is 14.2 Å². The lowest BCUT2D eigenvalue weighted by Crippen LogP contribution is -2.34. The number of methoxy groups -OCH3 is 2. The molecule has 18 heavy (non-hydrogen) atoms. The van der Waals surface area contributed by atoms with Gasteiger partial charge in [0, 0.05) is 6.04 Å². The number of carbonyl (C=O) groups excluding carboxylic acids is 1. The highest BCUT2D eigenvalue weighted by molar-refractivity contribution is 5.47. The first-order valence-corrected chi connectivity index (χ1v) is 6.03. The summed E-state index contributed by atoms with van der Waals surface area (Å²) in [6, 6.07) is 5.94. The van der Waals surface area contributed by atoms with Crippen molar-refractivity contribution in [1.82, 2.24) is 5.32 Å². The molecular formula is C14H21NO3. The largest absolute Gasteiger partial charge is 0.493 e. The zero-order valence-corrected chi connectivity index (χ0v) is 11.4. The molecule has 0 fully saturated rings. The summed E-state index contributed by atoms with van der Waals surface area (Å²) < 4.78 is 10.5. The Morgan fingerprint density at radius 2 is 1.89 bits per heavy atom. The van der Waals surface area contributed by atoms with Crippen molar-refractivity contribution in [3.63, 3.8) is 0 Å². The van der Waals surface area contributed by atoms with Crippen LogP contribution in [-0.4, -0.2) is 26.7 Å². The molecule has 0 saturated heterocycles. The van der Waals surface area contributed by atoms with Crippen molar-refractivity contribution in [2.75, 3.05) is 14.2 Å². The van der Waals surface area contributed by atoms with Gasteiger partial charge >= 0.3 is 0 Å². The van der Waals surface area contributed by atoms with Crippen LogP contribution in [0.2, 0.25) is 0 Å². The van der Waals surface area contributed by atoms with E-state index in [1.165, 1.54) is 0 Å². The number of amides is 1. The Morgan fingerprint density at radius 3 is 2.39 bits per heavy atom. The zero-order chi connectivity index (χ0) is 13.5. The molecule has 0 unspecified atom stereocenters. The van der Waals surface area contributed by atoms with Crippen LogP contribution in [0.15, 0.2) is 18.2 Å². The molecule has 1 aromatic rings. The summed E-state index contributed by atoms with van der Waals surface area (Å²) >= 11 is 0. The second-order valence-electron chi connectivity index (χ2n) is 4.53. The summed E-state index contributed by atoms with van der Waals surface area (Å²) in [6.07, 6.45) is 1.53. The van der Waals surface area contributed by atoms with Gasteiger partial charge in [-0.15, -0.1) is 0 Å². The third-order valence-electron chi connectivity index (χ3n) is 2.99. The van der Waals surface area contributed by atoms with Crippen molar-refractivity contribution in [2.24, 2.45) is 5.92 Å². The Bertz CT molecular complexity index is 391. The molecular weight excluding hydrogens is 230 g/mol. The maximum atomic E-state index is 10.6. The fourth-order valence-electron chi connectivity index (χ4n) is 1.84. The quantitative estimate of drug-likeness (QED) is 0.754. The fraction of sp³-hybridized carbons (Fsp3) is 0.500. The van der Waals surface area contributed by atoms with Crippen molar-refractivity contribution >= 4 is 6.41 Å². The van der Waals surface area contributed by atoms with Crippen LogP contribution in [0.3, 0.4) is 0 Å². The van der Waals surface area contributed by atoms with E-state index in [-0.39, 0.29) is 6.04 Å². The van der Waals surface area contributed by atoms with Crippen molar-refractivity contribution in [1.29, 1.82) is 0 Å². The molecule has 4 nitrogen and oxygen atoms in total. The molecule has 0 aliphatic carbocycles. The Balaban J connectivity index is 2.86. The molecule has 0 radical (unpaired) electrons. The smallest absolute Gasteiger partial charge is 0.207 e. The van der Waals surface area contributed by atoms with E-state index in [0.29, 0.717) is 17.4 Å². The van der Waals surface area contributed by atoms with Gasteiger partial charge in [-0.05, 0) is 30.0 Å². The van der Waals surface area contributed by atoms with E-state index in [1.54, 1.807) is 14.2 Å². The molecule has 1 rings (SSSR count). The minimum absolute atomic E-state index is 0.126. The van der Waals surface area contributed by atoms with Crippen LogP contribution in [0.25, 0.3) is 0 Å². The molecule has 1 N–H and O–H groups in total. The van der Waals surface area contributed by atoms with Crippen LogP contribution in [0.5, 0.6) is 11.5 Å². The SMILES string of the molecule is COc1ccc(C[C@H](NC=O)C(C)C)cc1OC. The second-order valence-corrected chi connectivity index (χ2v) is 4.53. The Hall–Kier alpha value is -1.71. The minimum Gasteiger partial charge on any atom is -0.493 e. The zero-order valence-electron chi connectivity index (χ0n) is 11.4. The molecule has 1 aromatic carbocycles. The van der Waals surface area contributed by atoms with Gasteiger partial charge in [-0.25, -0.2) is 0 Å². The number of benzene rings is 1. The van der Waals surface area contributed by atoms with Gasteiger partial charge in [0.2, 0.25) is 6.41 Å².